The lowest BCUT2D eigenvalue weighted by atomic mass is 9.98. The Hall–Kier alpha value is -0.980. The molecule has 5 nitrogen and oxygen atoms in total. The van der Waals surface area contributed by atoms with Crippen LogP contribution in [0.15, 0.2) is 24.3 Å². The average molecular weight is 310 g/mol. The first-order chi connectivity index (χ1) is 10.6. The van der Waals surface area contributed by atoms with Crippen molar-refractivity contribution < 1.29 is 24.1 Å². The summed E-state index contributed by atoms with van der Waals surface area (Å²) in [5, 5.41) is 9.82. The van der Waals surface area contributed by atoms with Gasteiger partial charge in [0.2, 0.25) is 0 Å². The highest BCUT2D eigenvalue weighted by molar-refractivity contribution is 5.24. The molecule has 0 aliphatic carbocycles. The van der Waals surface area contributed by atoms with Gasteiger partial charge in [-0.05, 0) is 25.0 Å². The lowest BCUT2D eigenvalue weighted by molar-refractivity contribution is -0.285. The molecule has 0 spiro atoms. The second-order valence-electron chi connectivity index (χ2n) is 5.73. The van der Waals surface area contributed by atoms with E-state index in [1.807, 2.05) is 18.2 Å². The monoisotopic (exact) mass is 310 g/mol. The fourth-order valence-corrected chi connectivity index (χ4v) is 2.78. The number of ether oxygens (including phenoxy) is 4. The predicted molar refractivity (Wildman–Crippen MR) is 82.5 cm³/mol. The summed E-state index contributed by atoms with van der Waals surface area (Å²) in [6, 6.07) is 8.12. The van der Waals surface area contributed by atoms with Crippen molar-refractivity contribution in [2.75, 3.05) is 14.2 Å². The molecule has 0 bridgehead atoms. The van der Waals surface area contributed by atoms with Crippen LogP contribution in [0.25, 0.3) is 0 Å². The van der Waals surface area contributed by atoms with Gasteiger partial charge in [-0.15, -0.1) is 0 Å². The standard InChI is InChI=1S/C17H26O5/c1-11-7-5-6-8-13(11)10-21-15-9-14(19-3)16(12(2)18)22-17(15)20-4/h5-8,12,14-18H,9-10H2,1-4H3/t12-,14-,15+,16+,17?/m1/s1. The number of aryl methyl sites for hydroxylation is 1. The molecular weight excluding hydrogens is 284 g/mol. The van der Waals surface area contributed by atoms with Gasteiger partial charge < -0.3 is 24.1 Å². The highest BCUT2D eigenvalue weighted by atomic mass is 16.7. The lowest BCUT2D eigenvalue weighted by Gasteiger charge is -2.41. The number of aliphatic hydroxyl groups excluding tert-OH is 1. The van der Waals surface area contributed by atoms with Crippen molar-refractivity contribution in [1.29, 1.82) is 0 Å². The Morgan fingerprint density at radius 1 is 1.23 bits per heavy atom. The minimum absolute atomic E-state index is 0.215. The molecule has 1 fully saturated rings. The van der Waals surface area contributed by atoms with Gasteiger partial charge in [-0.2, -0.15) is 0 Å². The Morgan fingerprint density at radius 3 is 2.55 bits per heavy atom. The third-order valence-corrected chi connectivity index (χ3v) is 4.15. The quantitative estimate of drug-likeness (QED) is 0.871. The van der Waals surface area contributed by atoms with Crippen LogP contribution in [0.4, 0.5) is 0 Å². The topological polar surface area (TPSA) is 57.2 Å². The molecule has 1 aliphatic rings. The molecule has 1 N–H and O–H groups in total. The second kappa shape index (κ2) is 8.04. The highest BCUT2D eigenvalue weighted by Gasteiger charge is 2.41. The van der Waals surface area contributed by atoms with Crippen LogP contribution < -0.4 is 0 Å². The summed E-state index contributed by atoms with van der Waals surface area (Å²) in [5.74, 6) is 0. The average Bonchev–Trinajstić information content (AvgIpc) is 2.53. The van der Waals surface area contributed by atoms with E-state index in [-0.39, 0.29) is 12.2 Å². The Morgan fingerprint density at radius 2 is 1.95 bits per heavy atom. The van der Waals surface area contributed by atoms with Crippen LogP contribution in [-0.2, 0) is 25.6 Å². The van der Waals surface area contributed by atoms with Gasteiger partial charge in [0.15, 0.2) is 6.29 Å². The van der Waals surface area contributed by atoms with Crippen LogP contribution in [0.2, 0.25) is 0 Å². The normalized spacial score (nSPS) is 30.2. The summed E-state index contributed by atoms with van der Waals surface area (Å²) in [6.07, 6.45) is -1.36. The molecule has 0 aromatic heterocycles. The maximum atomic E-state index is 9.82. The fourth-order valence-electron chi connectivity index (χ4n) is 2.78. The molecule has 0 saturated carbocycles. The maximum absolute atomic E-state index is 9.82. The van der Waals surface area contributed by atoms with Crippen LogP contribution in [0.1, 0.15) is 24.5 Å². The number of hydrogen-bond acceptors (Lipinski definition) is 5. The van der Waals surface area contributed by atoms with Crippen LogP contribution in [0.5, 0.6) is 0 Å². The molecule has 5 atom stereocenters. The maximum Gasteiger partial charge on any atom is 0.184 e. The summed E-state index contributed by atoms with van der Waals surface area (Å²) in [7, 11) is 3.20. The SMILES string of the molecule is COC1O[C@@H]([C@@H](C)O)[C@H](OC)C[C@@H]1OCc1ccccc1C. The molecule has 22 heavy (non-hydrogen) atoms. The first kappa shape index (κ1) is 17.4. The van der Waals surface area contributed by atoms with Gasteiger partial charge in [0.25, 0.3) is 0 Å². The third-order valence-electron chi connectivity index (χ3n) is 4.15. The zero-order valence-electron chi connectivity index (χ0n) is 13.7. The lowest BCUT2D eigenvalue weighted by Crippen LogP contribution is -2.53. The summed E-state index contributed by atoms with van der Waals surface area (Å²) in [5.41, 5.74) is 2.34. The van der Waals surface area contributed by atoms with Crippen LogP contribution in [-0.4, -0.2) is 50.0 Å². The number of aliphatic hydroxyl groups is 1. The molecule has 1 unspecified atom stereocenters. The van der Waals surface area contributed by atoms with Crippen molar-refractivity contribution in [3.8, 4) is 0 Å². The van der Waals surface area contributed by atoms with Crippen LogP contribution in [0.3, 0.4) is 0 Å². The fraction of sp³-hybridized carbons (Fsp3) is 0.647. The van der Waals surface area contributed by atoms with Crippen molar-refractivity contribution in [3.05, 3.63) is 35.4 Å². The molecule has 0 amide bonds. The summed E-state index contributed by atoms with van der Waals surface area (Å²) < 4.78 is 22.6. The van der Waals surface area contributed by atoms with E-state index in [0.29, 0.717) is 13.0 Å². The first-order valence-corrected chi connectivity index (χ1v) is 7.62. The molecule has 5 heteroatoms. The zero-order valence-corrected chi connectivity index (χ0v) is 13.7. The van der Waals surface area contributed by atoms with E-state index in [1.54, 1.807) is 21.1 Å². The molecule has 1 aliphatic heterocycles. The molecule has 2 rings (SSSR count). The molecule has 0 radical (unpaired) electrons. The van der Waals surface area contributed by atoms with E-state index >= 15 is 0 Å². The van der Waals surface area contributed by atoms with E-state index < -0.39 is 18.5 Å². The molecule has 1 saturated heterocycles. The number of rotatable bonds is 6. The zero-order chi connectivity index (χ0) is 16.1. The predicted octanol–water partition coefficient (Wildman–Crippen LogP) is 2.04. The minimum Gasteiger partial charge on any atom is -0.391 e. The van der Waals surface area contributed by atoms with Gasteiger partial charge >= 0.3 is 0 Å². The minimum atomic E-state index is -0.625. The van der Waals surface area contributed by atoms with Crippen molar-refractivity contribution in [2.24, 2.45) is 0 Å². The molecule has 1 aromatic rings. The summed E-state index contributed by atoms with van der Waals surface area (Å²) in [6.45, 7) is 4.25. The van der Waals surface area contributed by atoms with Gasteiger partial charge in [0, 0.05) is 20.6 Å². The van der Waals surface area contributed by atoms with Gasteiger partial charge in [-0.25, -0.2) is 0 Å². The van der Waals surface area contributed by atoms with E-state index in [1.165, 1.54) is 5.56 Å². The van der Waals surface area contributed by atoms with E-state index in [0.717, 1.165) is 5.56 Å². The van der Waals surface area contributed by atoms with Gasteiger partial charge in [-0.3, -0.25) is 0 Å². The molecular formula is C17H26O5. The smallest absolute Gasteiger partial charge is 0.184 e. The Kier molecular flexibility index (Phi) is 6.35. The Balaban J connectivity index is 2.01. The molecule has 1 heterocycles. The van der Waals surface area contributed by atoms with Crippen LogP contribution >= 0.6 is 0 Å². The second-order valence-corrected chi connectivity index (χ2v) is 5.73. The summed E-state index contributed by atoms with van der Waals surface area (Å²) in [4.78, 5) is 0. The summed E-state index contributed by atoms with van der Waals surface area (Å²) >= 11 is 0. The van der Waals surface area contributed by atoms with Gasteiger partial charge in [0.05, 0.1) is 18.8 Å². The van der Waals surface area contributed by atoms with Crippen molar-refractivity contribution in [1.82, 2.24) is 0 Å². The highest BCUT2D eigenvalue weighted by Crippen LogP contribution is 2.28. The van der Waals surface area contributed by atoms with E-state index in [2.05, 4.69) is 13.0 Å². The van der Waals surface area contributed by atoms with Gasteiger partial charge in [-0.1, -0.05) is 24.3 Å². The Labute approximate surface area is 132 Å². The van der Waals surface area contributed by atoms with Crippen molar-refractivity contribution in [3.63, 3.8) is 0 Å². The van der Waals surface area contributed by atoms with Crippen molar-refractivity contribution >= 4 is 0 Å². The molecule has 1 aromatic carbocycles. The van der Waals surface area contributed by atoms with Crippen LogP contribution in [0, 0.1) is 6.92 Å². The number of benzene rings is 1. The van der Waals surface area contributed by atoms with Crippen molar-refractivity contribution in [2.45, 2.75) is 57.6 Å². The van der Waals surface area contributed by atoms with E-state index in [9.17, 15) is 5.11 Å². The largest absolute Gasteiger partial charge is 0.391 e. The Bertz CT molecular complexity index is 462. The van der Waals surface area contributed by atoms with E-state index in [4.69, 9.17) is 18.9 Å². The number of hydrogen-bond donors (Lipinski definition) is 1. The van der Waals surface area contributed by atoms with Gasteiger partial charge in [0.1, 0.15) is 12.2 Å². The molecule has 124 valence electrons. The first-order valence-electron chi connectivity index (χ1n) is 7.62. The number of methoxy groups -OCH3 is 2. The third kappa shape index (κ3) is 4.06.